The maximum Gasteiger partial charge on any atom is 0.460 e. The van der Waals surface area contributed by atoms with Crippen LogP contribution in [0.1, 0.15) is 0 Å². The molecule has 0 fully saturated rings. The zero-order valence-electron chi connectivity index (χ0n) is 23.1. The van der Waals surface area contributed by atoms with Gasteiger partial charge in [-0.2, -0.15) is 140 Å². The van der Waals surface area contributed by atoms with Crippen LogP contribution in [0, 0.1) is 0 Å². The highest BCUT2D eigenvalue weighted by molar-refractivity contribution is 5.81. The van der Waals surface area contributed by atoms with Gasteiger partial charge in [-0.1, -0.05) is 0 Å². The van der Waals surface area contributed by atoms with Crippen molar-refractivity contribution in [3.05, 3.63) is 0 Å². The van der Waals surface area contributed by atoms with Crippen molar-refractivity contribution in [1.29, 1.82) is 0 Å². The third-order valence-corrected chi connectivity index (χ3v) is 6.75. The molecule has 0 saturated heterocycles. The van der Waals surface area contributed by atoms with Crippen LogP contribution in [0.4, 0.5) is 154 Å². The van der Waals surface area contributed by atoms with Gasteiger partial charge in [0.05, 0.1) is 0 Å². The number of carboxylic acids is 1. The van der Waals surface area contributed by atoms with Crippen LogP contribution in [-0.4, -0.2) is 112 Å². The lowest BCUT2D eigenvalue weighted by atomic mass is 9.72. The fraction of sp³-hybridized carbons (Fsp3) is 0.944. The van der Waals surface area contributed by atoms with E-state index in [4.69, 9.17) is 5.11 Å². The van der Waals surface area contributed by atoms with Gasteiger partial charge in [-0.3, -0.25) is 0 Å². The van der Waals surface area contributed by atoms with Crippen molar-refractivity contribution >= 4 is 5.97 Å². The summed E-state index contributed by atoms with van der Waals surface area (Å²) < 4.78 is 473. The minimum Gasteiger partial charge on any atom is -0.479 e. The average Bonchev–Trinajstić information content (AvgIpc) is 2.91. The number of aliphatic carboxylic acids is 1. The summed E-state index contributed by atoms with van der Waals surface area (Å²) in [6, 6.07) is 0. The molecule has 0 aromatic rings. The van der Waals surface area contributed by atoms with Crippen molar-refractivity contribution in [2.24, 2.45) is 0 Å². The summed E-state index contributed by atoms with van der Waals surface area (Å²) in [5, 5.41) is 8.12. The molecule has 0 saturated carbocycles. The summed E-state index contributed by atoms with van der Waals surface area (Å²) in [6.07, 6.45) is -36.6. The maximum absolute atomic E-state index is 14.8. The first-order chi connectivity index (χ1) is 22.9. The third kappa shape index (κ3) is 5.67. The number of carbonyl (C=O) groups is 1. The third-order valence-electron chi connectivity index (χ3n) is 6.75. The normalized spacial score (nSPS) is 19.8. The number of rotatable bonds is 13. The summed E-state index contributed by atoms with van der Waals surface area (Å²) >= 11 is 0. The highest BCUT2D eigenvalue weighted by atomic mass is 19.5. The number of hydrogen-bond acceptors (Lipinski definition) is 1. The van der Waals surface area contributed by atoms with Crippen molar-refractivity contribution in [3.8, 4) is 0 Å². The van der Waals surface area contributed by atoms with Crippen molar-refractivity contribution in [2.75, 3.05) is 0 Å². The summed E-state index contributed by atoms with van der Waals surface area (Å²) in [7, 11) is 0. The first-order valence-electron chi connectivity index (χ1n) is 11.3. The maximum atomic E-state index is 14.8. The second-order valence-corrected chi connectivity index (χ2v) is 10.0. The minimum atomic E-state index is -10.6. The van der Waals surface area contributed by atoms with Gasteiger partial charge >= 0.3 is 107 Å². The van der Waals surface area contributed by atoms with E-state index in [2.05, 4.69) is 0 Å². The SMILES string of the molecule is O=C(O)C(F)(C(F)(F)C(F)(F)C(F)(F)C(F)(F)C(F)(C(F)(F)F)C(F)(F)C(F)(F)C(F)(F)F)C(F)(F)C(F)(F)C(F)(C(F)(F)F)C(F)(F)C(F)(F)C(F)(F)F. The summed E-state index contributed by atoms with van der Waals surface area (Å²) in [5.41, 5.74) is -30.8. The van der Waals surface area contributed by atoms with Gasteiger partial charge in [0.2, 0.25) is 0 Å². The number of alkyl halides is 35. The van der Waals surface area contributed by atoms with E-state index < -0.39 is 107 Å². The highest BCUT2D eigenvalue weighted by Gasteiger charge is 3.05. The van der Waals surface area contributed by atoms with Crippen LogP contribution in [0.5, 0.6) is 0 Å². The van der Waals surface area contributed by atoms with Gasteiger partial charge in [-0.15, -0.1) is 0 Å². The molecular weight excluding hydrogens is 913 g/mol. The fourth-order valence-corrected chi connectivity index (χ4v) is 3.62. The van der Waals surface area contributed by atoms with Crippen LogP contribution in [0.3, 0.4) is 0 Å². The molecule has 2 nitrogen and oxygen atoms in total. The Morgan fingerprint density at radius 3 is 0.582 bits per heavy atom. The quantitative estimate of drug-likeness (QED) is 0.187. The van der Waals surface area contributed by atoms with Crippen molar-refractivity contribution in [3.63, 3.8) is 0 Å². The lowest BCUT2D eigenvalue weighted by molar-refractivity contribution is -0.487. The Hall–Kier alpha value is -2.98. The van der Waals surface area contributed by atoms with Crippen LogP contribution in [0.25, 0.3) is 0 Å². The van der Waals surface area contributed by atoms with Gasteiger partial charge < -0.3 is 5.11 Å². The molecule has 37 heteroatoms. The van der Waals surface area contributed by atoms with E-state index >= 15 is 0 Å². The van der Waals surface area contributed by atoms with E-state index in [1.54, 1.807) is 0 Å². The van der Waals surface area contributed by atoms with Gasteiger partial charge in [0.1, 0.15) is 0 Å². The molecule has 0 heterocycles. The Labute approximate surface area is 272 Å². The van der Waals surface area contributed by atoms with Crippen LogP contribution in [-0.2, 0) is 4.79 Å². The van der Waals surface area contributed by atoms with Gasteiger partial charge in [-0.25, -0.2) is 18.0 Å². The largest absolute Gasteiger partial charge is 0.479 e. The van der Waals surface area contributed by atoms with Gasteiger partial charge in [0.15, 0.2) is 0 Å². The Bertz CT molecular complexity index is 1440. The van der Waals surface area contributed by atoms with Crippen LogP contribution < -0.4 is 0 Å². The van der Waals surface area contributed by atoms with Crippen molar-refractivity contribution in [1.82, 2.24) is 0 Å². The molecule has 0 radical (unpaired) electrons. The van der Waals surface area contributed by atoms with E-state index in [1.807, 2.05) is 0 Å². The van der Waals surface area contributed by atoms with Crippen LogP contribution >= 0.6 is 0 Å². The van der Waals surface area contributed by atoms with E-state index in [9.17, 15) is 158 Å². The molecule has 0 aromatic carbocycles. The molecule has 3 unspecified atom stereocenters. The second kappa shape index (κ2) is 12.3. The summed E-state index contributed by atoms with van der Waals surface area (Å²) in [6.45, 7) is 0. The van der Waals surface area contributed by atoms with Crippen LogP contribution in [0.15, 0.2) is 0 Å². The Kier molecular flexibility index (Phi) is 11.6. The number of carboxylic acid groups (broad SMARTS) is 1. The highest BCUT2D eigenvalue weighted by Crippen LogP contribution is 2.72. The molecule has 3 atom stereocenters. The predicted molar refractivity (Wildman–Crippen MR) is 92.8 cm³/mol. The van der Waals surface area contributed by atoms with Gasteiger partial charge in [-0.05, 0) is 0 Å². The standard InChI is InChI=1S/C18HF35O2/c19-2(1(54)55,5(22,23)7(26,27)3(20,15(42,43)44)9(30,31)13(38,39)17(48,49)50)6(24,25)11(34,35)12(36,37)8(28,29)4(21,16(45,46)47)10(32,33)14(40,41)18(51,52)53/h(H,54,55). The predicted octanol–water partition coefficient (Wildman–Crippen LogP) is 10.8. The molecule has 1 N–H and O–H groups in total. The van der Waals surface area contributed by atoms with E-state index in [0.29, 0.717) is 0 Å². The Morgan fingerprint density at radius 1 is 0.236 bits per heavy atom. The summed E-state index contributed by atoms with van der Waals surface area (Å²) in [4.78, 5) is 10.8. The molecule has 0 aliphatic rings. The molecule has 0 spiro atoms. The van der Waals surface area contributed by atoms with Gasteiger partial charge in [0.25, 0.3) is 0 Å². The molecule has 0 aliphatic heterocycles. The fourth-order valence-electron chi connectivity index (χ4n) is 3.62. The zero-order valence-corrected chi connectivity index (χ0v) is 23.1. The topological polar surface area (TPSA) is 37.3 Å². The van der Waals surface area contributed by atoms with E-state index in [-0.39, 0.29) is 0 Å². The van der Waals surface area contributed by atoms with E-state index in [1.165, 1.54) is 0 Å². The monoisotopic (exact) mass is 914 g/mol. The van der Waals surface area contributed by atoms with Crippen molar-refractivity contribution in [2.45, 2.75) is 101 Å². The first-order valence-corrected chi connectivity index (χ1v) is 11.3. The van der Waals surface area contributed by atoms with Crippen molar-refractivity contribution < 1.29 is 164 Å². The molecule has 0 rings (SSSR count). The number of hydrogen-bond donors (Lipinski definition) is 1. The van der Waals surface area contributed by atoms with E-state index in [0.717, 1.165) is 0 Å². The molecule has 330 valence electrons. The molecule has 55 heavy (non-hydrogen) atoms. The zero-order chi connectivity index (χ0) is 46.1. The summed E-state index contributed by atoms with van der Waals surface area (Å²) in [5.74, 6) is -108. The molecular formula is C18HF35O2. The molecule has 0 bridgehead atoms. The second-order valence-electron chi connectivity index (χ2n) is 10.0. The first kappa shape index (κ1) is 52.0. The smallest absolute Gasteiger partial charge is 0.460 e. The lowest BCUT2D eigenvalue weighted by Gasteiger charge is -2.50. The minimum absolute atomic E-state index is 6.33. The van der Waals surface area contributed by atoms with Gasteiger partial charge in [0, 0.05) is 0 Å². The average molecular weight is 914 g/mol. The Balaban J connectivity index is 8.69. The van der Waals surface area contributed by atoms with Crippen LogP contribution in [0.2, 0.25) is 0 Å². The number of halogens is 35. The molecule has 0 amide bonds. The lowest BCUT2D eigenvalue weighted by Crippen LogP contribution is -2.85. The Morgan fingerprint density at radius 2 is 0.400 bits per heavy atom. The molecule has 0 aliphatic carbocycles. The molecule has 0 aromatic heterocycles.